The van der Waals surface area contributed by atoms with Gasteiger partial charge in [-0.2, -0.15) is 0 Å². The lowest BCUT2D eigenvalue weighted by Crippen LogP contribution is -2.11. The predicted octanol–water partition coefficient (Wildman–Crippen LogP) is 33.1. The summed E-state index contributed by atoms with van der Waals surface area (Å²) < 4.78 is 19.0. The fourth-order valence-corrected chi connectivity index (χ4v) is 17.7. The van der Waals surface area contributed by atoms with Gasteiger partial charge in [0, 0.05) is 99.3 Å². The molecule has 0 saturated heterocycles. The van der Waals surface area contributed by atoms with Gasteiger partial charge < -0.3 is 28.0 Å². The minimum Gasteiger partial charge on any atom is -0.455 e. The van der Waals surface area contributed by atoms with E-state index in [2.05, 4.69) is 433 Å². The van der Waals surface area contributed by atoms with E-state index in [1.807, 2.05) is 36.4 Å². The van der Waals surface area contributed by atoms with Gasteiger partial charge in [-0.25, -0.2) is 0 Å². The molecule has 6 nitrogen and oxygen atoms in total. The minimum atomic E-state index is 0.916. The quantitative estimate of drug-likeness (QED) is 0.121. The van der Waals surface area contributed by atoms with Gasteiger partial charge in [0.2, 0.25) is 0 Å². The molecule has 0 aliphatic rings. The number of hydrogen-bond acceptors (Lipinski definition) is 6. The third-order valence-corrected chi connectivity index (χ3v) is 23.5. The average Bonchev–Trinajstić information content (AvgIpc) is 1.70. The monoisotopic (exact) mass is 1530 g/mol. The molecule has 0 bridgehead atoms. The van der Waals surface area contributed by atoms with E-state index in [4.69, 9.17) is 13.3 Å². The van der Waals surface area contributed by atoms with Crippen molar-refractivity contribution in [3.8, 4) is 33.4 Å². The first-order chi connectivity index (χ1) is 59.5. The predicted molar refractivity (Wildman–Crippen MR) is 507 cm³/mol. The summed E-state index contributed by atoms with van der Waals surface area (Å²) in [7, 11) is 0. The van der Waals surface area contributed by atoms with E-state index in [9.17, 15) is 0 Å². The van der Waals surface area contributed by atoms with Crippen LogP contribution >= 0.6 is 0 Å². The van der Waals surface area contributed by atoms with E-state index in [0.29, 0.717) is 0 Å². The molecule has 0 aliphatic heterocycles. The normalized spacial score (nSPS) is 11.5. The molecule has 0 spiro atoms. The zero-order valence-electron chi connectivity index (χ0n) is 65.4. The molecule has 3 aromatic heterocycles. The summed E-state index contributed by atoms with van der Waals surface area (Å²) in [5.41, 5.74) is 22.4. The second-order valence-corrected chi connectivity index (χ2v) is 30.6. The van der Waals surface area contributed by atoms with E-state index in [1.54, 1.807) is 0 Å². The van der Waals surface area contributed by atoms with E-state index >= 15 is 0 Å². The van der Waals surface area contributed by atoms with Crippen LogP contribution < -0.4 is 14.7 Å². The number of rotatable bonds is 12. The van der Waals surface area contributed by atoms with Crippen molar-refractivity contribution in [1.82, 2.24) is 0 Å². The molecule has 120 heavy (non-hydrogen) atoms. The third kappa shape index (κ3) is 12.9. The number of hydrogen-bond donors (Lipinski definition) is 0. The smallest absolute Gasteiger partial charge is 0.143 e. The van der Waals surface area contributed by atoms with Gasteiger partial charge in [-0.05, 0) is 174 Å². The number of anilines is 9. The van der Waals surface area contributed by atoms with Crippen molar-refractivity contribution >= 4 is 182 Å². The van der Waals surface area contributed by atoms with Crippen molar-refractivity contribution in [3.63, 3.8) is 0 Å². The maximum Gasteiger partial charge on any atom is 0.143 e. The van der Waals surface area contributed by atoms with Crippen molar-refractivity contribution in [3.05, 3.63) is 455 Å². The van der Waals surface area contributed by atoms with Crippen molar-refractivity contribution in [2.24, 2.45) is 0 Å². The van der Waals surface area contributed by atoms with Crippen LogP contribution in [-0.4, -0.2) is 0 Å². The molecule has 0 saturated carbocycles. The summed E-state index contributed by atoms with van der Waals surface area (Å²) in [6, 6.07) is 161. The zero-order valence-corrected chi connectivity index (χ0v) is 65.4. The number of benzene rings is 21. The van der Waals surface area contributed by atoms with Crippen LogP contribution in [-0.2, 0) is 0 Å². The largest absolute Gasteiger partial charge is 0.455 e. The summed E-state index contributed by atoms with van der Waals surface area (Å²) in [4.78, 5) is 7.08. The Kier molecular flexibility index (Phi) is 17.8. The molecule has 0 fully saturated rings. The molecule has 0 unspecified atom stereocenters. The Balaban J connectivity index is 0.000000108. The highest BCUT2D eigenvalue weighted by Gasteiger charge is 2.23. The molecule has 0 N–H and O–H groups in total. The SMILES string of the molecule is c1ccc2c(N(c3ccc(-c4cccc5c4oc4ccccc45)cc3)c3cccc4ccccc34)cccc2c1.c1ccc2cc(N(c3ccc(-c4cccc5c4oc4ccccc45)cc3)c3ccc4ccccc4c3)ccc2c1.c1ccc2cc(N(c3ccc(-c4cccc5c4oc4ccccc45)cc3)c3cccc4ccccc34)ccc2c1. The molecular weight excluding hydrogens is 1460 g/mol. The highest BCUT2D eigenvalue weighted by Crippen LogP contribution is 2.48. The van der Waals surface area contributed by atoms with E-state index in [0.717, 1.165) is 150 Å². The molecule has 24 aromatic rings. The lowest BCUT2D eigenvalue weighted by Gasteiger charge is -2.28. The van der Waals surface area contributed by atoms with Gasteiger partial charge in [0.1, 0.15) is 33.5 Å². The maximum absolute atomic E-state index is 6.34. The van der Waals surface area contributed by atoms with Gasteiger partial charge in [-0.1, -0.05) is 346 Å². The zero-order chi connectivity index (χ0) is 79.4. The average molecular weight is 1530 g/mol. The number of nitrogens with zero attached hydrogens (tertiary/aromatic N) is 3. The lowest BCUT2D eigenvalue weighted by molar-refractivity contribution is 0.669. The summed E-state index contributed by atoms with van der Waals surface area (Å²) in [5, 5.41) is 21.6. The van der Waals surface area contributed by atoms with Gasteiger partial charge in [0.15, 0.2) is 0 Å². The van der Waals surface area contributed by atoms with Crippen LogP contribution in [0.5, 0.6) is 0 Å². The van der Waals surface area contributed by atoms with Crippen LogP contribution in [0.25, 0.3) is 164 Å². The molecular formula is C114H75N3O3. The van der Waals surface area contributed by atoms with Crippen LogP contribution in [0.2, 0.25) is 0 Å². The highest BCUT2D eigenvalue weighted by molar-refractivity contribution is 6.13. The van der Waals surface area contributed by atoms with Crippen LogP contribution in [0.3, 0.4) is 0 Å². The first-order valence-corrected chi connectivity index (χ1v) is 40.8. The van der Waals surface area contributed by atoms with Crippen LogP contribution in [0.4, 0.5) is 51.2 Å². The molecule has 3 heterocycles. The Morgan fingerprint density at radius 1 is 0.142 bits per heavy atom. The third-order valence-electron chi connectivity index (χ3n) is 23.5. The van der Waals surface area contributed by atoms with Crippen LogP contribution in [0, 0.1) is 0 Å². The van der Waals surface area contributed by atoms with Crippen molar-refractivity contribution in [2.75, 3.05) is 14.7 Å². The molecule has 24 rings (SSSR count). The molecule has 21 aromatic carbocycles. The Bertz CT molecular complexity index is 7820. The fourth-order valence-electron chi connectivity index (χ4n) is 17.7. The van der Waals surface area contributed by atoms with Crippen LogP contribution in [0.15, 0.2) is 468 Å². The molecule has 6 heteroatoms. The van der Waals surface area contributed by atoms with Gasteiger partial charge >= 0.3 is 0 Å². The van der Waals surface area contributed by atoms with E-state index in [-0.39, 0.29) is 0 Å². The number of para-hydroxylation sites is 6. The summed E-state index contributed by atoms with van der Waals surface area (Å²) in [6.45, 7) is 0. The molecule has 0 atom stereocenters. The second kappa shape index (κ2) is 30.3. The van der Waals surface area contributed by atoms with Crippen molar-refractivity contribution in [2.45, 2.75) is 0 Å². The summed E-state index contributed by atoms with van der Waals surface area (Å²) >= 11 is 0. The minimum absolute atomic E-state index is 0.916. The lowest BCUT2D eigenvalue weighted by atomic mass is 10.0. The van der Waals surface area contributed by atoms with E-state index < -0.39 is 0 Å². The highest BCUT2D eigenvalue weighted by atomic mass is 16.3. The second-order valence-electron chi connectivity index (χ2n) is 30.6. The van der Waals surface area contributed by atoms with Crippen molar-refractivity contribution in [1.29, 1.82) is 0 Å². The first-order valence-electron chi connectivity index (χ1n) is 40.8. The Labute approximate surface area is 693 Å². The molecule has 0 amide bonds. The summed E-state index contributed by atoms with van der Waals surface area (Å²) in [6.07, 6.45) is 0. The van der Waals surface area contributed by atoms with Gasteiger partial charge in [-0.3, -0.25) is 0 Å². The summed E-state index contributed by atoms with van der Waals surface area (Å²) in [5.74, 6) is 0. The Hall–Kier alpha value is -16.0. The first kappa shape index (κ1) is 70.6. The van der Waals surface area contributed by atoms with Gasteiger partial charge in [0.25, 0.3) is 0 Å². The standard InChI is InChI=1S/3C38H25NO/c1-3-14-30-26(10-1)12-7-19-35(30)39(36-20-8-13-27-11-2-4-15-31(27)36)29-24-22-28(23-25-29)32-17-9-18-34-33-16-5-6-21-37(33)40-38(32)34;1-3-10-29-24-32(22-16-26(29)8-1)39(33-23-17-27-9-2-4-11-30(27)25-33)31-20-18-28(19-21-31)34-13-7-14-36-35-12-5-6-15-37(35)40-38(34)36;1-2-11-29-25-31(24-19-26(29)9-1)39(36-17-7-12-27-10-3-4-13-32(27)36)30-22-20-28(21-23-30)33-15-8-16-35-34-14-5-6-18-37(34)40-38(33)35/h3*1-25H. The number of furan rings is 3. The topological polar surface area (TPSA) is 49.1 Å². The molecule has 564 valence electrons. The van der Waals surface area contributed by atoms with Gasteiger partial charge in [-0.15, -0.1) is 0 Å². The molecule has 0 radical (unpaired) electrons. The fraction of sp³-hybridized carbons (Fsp3) is 0. The van der Waals surface area contributed by atoms with E-state index in [1.165, 1.54) is 64.6 Å². The van der Waals surface area contributed by atoms with Crippen LogP contribution in [0.1, 0.15) is 0 Å². The van der Waals surface area contributed by atoms with Crippen molar-refractivity contribution < 1.29 is 13.3 Å². The Morgan fingerprint density at radius 2 is 0.375 bits per heavy atom. The molecule has 0 aliphatic carbocycles. The number of fused-ring (bicyclic) bond motifs is 15. The maximum atomic E-state index is 6.34. The van der Waals surface area contributed by atoms with Gasteiger partial charge in [0.05, 0.1) is 17.1 Å². The Morgan fingerprint density at radius 3 is 0.717 bits per heavy atom.